The van der Waals surface area contributed by atoms with Gasteiger partial charge in [0.1, 0.15) is 0 Å². The Hall–Kier alpha value is 0.466. The molecule has 1 aromatic carbocycles. The number of halogens is 1. The van der Waals surface area contributed by atoms with Crippen molar-refractivity contribution in [3.63, 3.8) is 0 Å². The minimum atomic E-state index is 0. The second kappa shape index (κ2) is 9.49. The normalized spacial score (nSPS) is 17.5. The topological polar surface area (TPSA) is 0 Å². The Kier molecular flexibility index (Phi) is 9.77. The maximum Gasteiger partial charge on any atom is 2.00 e. The Morgan fingerprint density at radius 1 is 0.875 bits per heavy atom. The second-order valence-electron chi connectivity index (χ2n) is 4.38. The minimum Gasteiger partial charge on any atom is -1.00 e. The Balaban J connectivity index is 0.00000112. The van der Waals surface area contributed by atoms with E-state index in [2.05, 4.69) is 18.2 Å². The molecule has 0 atom stereocenters. The first-order valence-electron chi connectivity index (χ1n) is 5.93. The van der Waals surface area contributed by atoms with Crippen LogP contribution in [0.25, 0.3) is 0 Å². The Bertz CT molecular complexity index is 253. The van der Waals surface area contributed by atoms with E-state index in [4.69, 9.17) is 0 Å². The molecule has 0 heterocycles. The van der Waals surface area contributed by atoms with E-state index in [-0.39, 0.29) is 40.0 Å². The molecule has 0 aromatic heterocycles. The zero-order chi connectivity index (χ0) is 9.64. The largest absolute Gasteiger partial charge is 2.00 e. The molecule has 1 fully saturated rings. The average molecular weight is 292 g/mol. The smallest absolute Gasteiger partial charge is 1.00 e. The summed E-state index contributed by atoms with van der Waals surface area (Å²) in [5, 5.41) is 0. The third-order valence-electron chi connectivity index (χ3n) is 3.32. The van der Waals surface area contributed by atoms with E-state index < -0.39 is 0 Å². The van der Waals surface area contributed by atoms with Gasteiger partial charge >= 0.3 is 23.1 Å². The molecule has 0 nitrogen and oxygen atoms in total. The van der Waals surface area contributed by atoms with E-state index in [1.807, 2.05) is 12.1 Å². The van der Waals surface area contributed by atoms with Crippen LogP contribution in [0.2, 0.25) is 0 Å². The van der Waals surface area contributed by atoms with Crippen LogP contribution in [0.1, 0.15) is 56.4 Å². The number of rotatable bonds is 1. The Morgan fingerprint density at radius 3 is 1.94 bits per heavy atom. The second-order valence-corrected chi connectivity index (χ2v) is 4.38. The van der Waals surface area contributed by atoms with E-state index in [1.54, 1.807) is 0 Å². The molecule has 2 heteroatoms. The molecule has 1 aliphatic carbocycles. The molecule has 0 bridgehead atoms. The molecule has 16 heavy (non-hydrogen) atoms. The predicted octanol–water partition coefficient (Wildman–Crippen LogP) is 0.938. The van der Waals surface area contributed by atoms with Crippen molar-refractivity contribution in [2.24, 2.45) is 0 Å². The van der Waals surface area contributed by atoms with E-state index >= 15 is 0 Å². The van der Waals surface area contributed by atoms with Crippen LogP contribution >= 0.6 is 0 Å². The van der Waals surface area contributed by atoms with Crippen molar-refractivity contribution in [2.45, 2.75) is 50.9 Å². The standard InChI is InChI=1S/C14H19.BrH.Mg/c1-2-5-9-13(10-6-3-1)14-11-7-4-8-12-14;;/h7-8,11-13H,1-3,5-6,9-10H2;1H;/q-1;;+2/p-1. The molecule has 2 rings (SSSR count). The zero-order valence-electron chi connectivity index (χ0n) is 9.92. The molecule has 0 spiro atoms. The first-order valence-corrected chi connectivity index (χ1v) is 5.93. The summed E-state index contributed by atoms with van der Waals surface area (Å²) in [6, 6.07) is 11.7. The van der Waals surface area contributed by atoms with Crippen LogP contribution in [0.15, 0.2) is 24.3 Å². The van der Waals surface area contributed by atoms with Gasteiger partial charge in [-0.15, -0.1) is 0 Å². The third kappa shape index (κ3) is 5.20. The summed E-state index contributed by atoms with van der Waals surface area (Å²) in [5.41, 5.74) is 1.53. The van der Waals surface area contributed by atoms with Gasteiger partial charge in [0.15, 0.2) is 0 Å². The van der Waals surface area contributed by atoms with E-state index in [9.17, 15) is 0 Å². The summed E-state index contributed by atoms with van der Waals surface area (Å²) >= 11 is 0. The van der Waals surface area contributed by atoms with Crippen LogP contribution in [0.4, 0.5) is 0 Å². The van der Waals surface area contributed by atoms with Crippen LogP contribution in [0, 0.1) is 6.07 Å². The van der Waals surface area contributed by atoms with Crippen LogP contribution < -0.4 is 17.0 Å². The van der Waals surface area contributed by atoms with Crippen LogP contribution in [-0.2, 0) is 0 Å². The molecule has 0 unspecified atom stereocenters. The monoisotopic (exact) mass is 290 g/mol. The van der Waals surface area contributed by atoms with Crippen molar-refractivity contribution in [1.82, 2.24) is 0 Å². The molecular formula is C14H19BrMg. The van der Waals surface area contributed by atoms with Crippen molar-refractivity contribution in [1.29, 1.82) is 0 Å². The summed E-state index contributed by atoms with van der Waals surface area (Å²) < 4.78 is 0. The molecule has 0 amide bonds. The van der Waals surface area contributed by atoms with E-state index in [1.165, 1.54) is 50.5 Å². The van der Waals surface area contributed by atoms with E-state index in [0.29, 0.717) is 0 Å². The van der Waals surface area contributed by atoms with E-state index in [0.717, 1.165) is 5.92 Å². The third-order valence-corrected chi connectivity index (χ3v) is 3.32. The van der Waals surface area contributed by atoms with Crippen molar-refractivity contribution < 1.29 is 17.0 Å². The van der Waals surface area contributed by atoms with Crippen molar-refractivity contribution in [2.75, 3.05) is 0 Å². The quantitative estimate of drug-likeness (QED) is 0.534. The van der Waals surface area contributed by atoms with Gasteiger partial charge in [0, 0.05) is 0 Å². The van der Waals surface area contributed by atoms with Crippen molar-refractivity contribution in [3.8, 4) is 0 Å². The van der Waals surface area contributed by atoms with Gasteiger partial charge in [0.05, 0.1) is 0 Å². The molecule has 1 aliphatic rings. The van der Waals surface area contributed by atoms with Gasteiger partial charge in [-0.25, -0.2) is 0 Å². The number of hydrogen-bond acceptors (Lipinski definition) is 0. The van der Waals surface area contributed by atoms with Crippen LogP contribution in [0.3, 0.4) is 0 Å². The average Bonchev–Trinajstić information content (AvgIpc) is 2.18. The summed E-state index contributed by atoms with van der Waals surface area (Å²) in [6.45, 7) is 0. The molecule has 0 N–H and O–H groups in total. The van der Waals surface area contributed by atoms with Crippen LogP contribution in [-0.4, -0.2) is 23.1 Å². The fraction of sp³-hybridized carbons (Fsp3) is 0.571. The van der Waals surface area contributed by atoms with Gasteiger partial charge < -0.3 is 17.0 Å². The minimum absolute atomic E-state index is 0. The summed E-state index contributed by atoms with van der Waals surface area (Å²) in [4.78, 5) is 0. The number of hydrogen-bond donors (Lipinski definition) is 0. The fourth-order valence-corrected chi connectivity index (χ4v) is 2.46. The van der Waals surface area contributed by atoms with Gasteiger partial charge in [0.25, 0.3) is 0 Å². The zero-order valence-corrected chi connectivity index (χ0v) is 12.9. The molecule has 1 aromatic rings. The summed E-state index contributed by atoms with van der Waals surface area (Å²) in [7, 11) is 0. The molecule has 84 valence electrons. The van der Waals surface area contributed by atoms with Gasteiger partial charge in [-0.1, -0.05) is 32.1 Å². The molecular weight excluding hydrogens is 272 g/mol. The summed E-state index contributed by atoms with van der Waals surface area (Å²) in [6.07, 6.45) is 9.96. The maximum absolute atomic E-state index is 3.10. The molecule has 1 saturated carbocycles. The summed E-state index contributed by atoms with van der Waals surface area (Å²) in [5.74, 6) is 0.824. The van der Waals surface area contributed by atoms with Crippen molar-refractivity contribution >= 4 is 23.1 Å². The predicted molar refractivity (Wildman–Crippen MR) is 66.1 cm³/mol. The molecule has 0 radical (unpaired) electrons. The molecule has 0 saturated heterocycles. The van der Waals surface area contributed by atoms with Gasteiger partial charge in [-0.3, -0.25) is 0 Å². The van der Waals surface area contributed by atoms with Gasteiger partial charge in [0.2, 0.25) is 0 Å². The maximum atomic E-state index is 3.10. The Labute approximate surface area is 126 Å². The number of benzene rings is 1. The van der Waals surface area contributed by atoms with Crippen molar-refractivity contribution in [3.05, 3.63) is 35.9 Å². The fourth-order valence-electron chi connectivity index (χ4n) is 2.46. The van der Waals surface area contributed by atoms with Gasteiger partial charge in [-0.2, -0.15) is 35.9 Å². The van der Waals surface area contributed by atoms with Gasteiger partial charge in [-0.05, 0) is 18.8 Å². The van der Waals surface area contributed by atoms with Crippen LogP contribution in [0.5, 0.6) is 0 Å². The first-order chi connectivity index (χ1) is 6.97. The molecule has 0 aliphatic heterocycles. The first kappa shape index (κ1) is 16.5. The Morgan fingerprint density at radius 2 is 1.38 bits per heavy atom. The SMILES string of the molecule is [Br-].[Mg+2].[c-]1ccc(C2CCCCCCC2)cc1.